The summed E-state index contributed by atoms with van der Waals surface area (Å²) in [7, 11) is 0. The third kappa shape index (κ3) is 2.61. The maximum absolute atomic E-state index is 12.7. The molecular weight excluding hydrogens is 318 g/mol. The fourth-order valence-corrected chi connectivity index (χ4v) is 3.95. The van der Waals surface area contributed by atoms with Crippen molar-refractivity contribution in [3.05, 3.63) is 28.5 Å². The van der Waals surface area contributed by atoms with Crippen molar-refractivity contribution in [3.8, 4) is 0 Å². The van der Waals surface area contributed by atoms with E-state index in [1.54, 1.807) is 6.20 Å². The Kier molecular flexibility index (Phi) is 4.08. The normalized spacial score (nSPS) is 28.4. The summed E-state index contributed by atoms with van der Waals surface area (Å²) in [5, 5.41) is 3.63. The van der Waals surface area contributed by atoms with Crippen LogP contribution in [0, 0.1) is 0 Å². The Morgan fingerprint density at radius 3 is 2.75 bits per heavy atom. The average Bonchev–Trinajstić information content (AvgIpc) is 2.79. The van der Waals surface area contributed by atoms with Crippen molar-refractivity contribution in [2.24, 2.45) is 0 Å². The molecule has 0 aliphatic carbocycles. The Morgan fingerprint density at radius 2 is 2.15 bits per heavy atom. The largest absolute Gasteiger partial charge is 0.334 e. The lowest BCUT2D eigenvalue weighted by Crippen LogP contribution is -2.50. The van der Waals surface area contributed by atoms with Crippen molar-refractivity contribution < 1.29 is 4.79 Å². The number of nitrogens with zero attached hydrogens (tertiary/aromatic N) is 2. The molecule has 108 valence electrons. The van der Waals surface area contributed by atoms with Gasteiger partial charge in [-0.2, -0.15) is 0 Å². The van der Waals surface area contributed by atoms with Crippen LogP contribution in [0.1, 0.15) is 43.1 Å². The molecule has 4 nitrogen and oxygen atoms in total. The third-order valence-electron chi connectivity index (χ3n) is 4.45. The van der Waals surface area contributed by atoms with Crippen molar-refractivity contribution in [2.45, 2.75) is 50.7 Å². The number of amides is 1. The van der Waals surface area contributed by atoms with Crippen molar-refractivity contribution >= 4 is 21.8 Å². The third-order valence-corrected chi connectivity index (χ3v) is 5.09. The number of carbonyl (C=O) groups excluding carboxylic acids is 1. The summed E-state index contributed by atoms with van der Waals surface area (Å²) in [6.45, 7) is 2.80. The zero-order chi connectivity index (χ0) is 14.1. The van der Waals surface area contributed by atoms with Crippen LogP contribution in [-0.2, 0) is 0 Å². The van der Waals surface area contributed by atoms with Gasteiger partial charge in [-0.1, -0.05) is 0 Å². The maximum Gasteiger partial charge on any atom is 0.273 e. The molecule has 1 amide bonds. The van der Waals surface area contributed by atoms with Crippen LogP contribution in [0.5, 0.6) is 0 Å². The first-order valence-electron chi connectivity index (χ1n) is 7.36. The van der Waals surface area contributed by atoms with E-state index in [2.05, 4.69) is 33.2 Å². The molecular formula is C15H20BrN3O. The summed E-state index contributed by atoms with van der Waals surface area (Å²) >= 11 is 3.43. The van der Waals surface area contributed by atoms with E-state index < -0.39 is 0 Å². The molecule has 2 bridgehead atoms. The number of rotatable bonds is 3. The highest BCUT2D eigenvalue weighted by Gasteiger charge is 2.37. The first-order chi connectivity index (χ1) is 9.69. The van der Waals surface area contributed by atoms with Crippen LogP contribution in [0.25, 0.3) is 0 Å². The molecule has 2 aliphatic heterocycles. The molecule has 5 heteroatoms. The molecule has 2 aliphatic rings. The molecule has 3 rings (SSSR count). The minimum absolute atomic E-state index is 0.0475. The fraction of sp³-hybridized carbons (Fsp3) is 0.600. The van der Waals surface area contributed by atoms with Gasteiger partial charge in [0.2, 0.25) is 0 Å². The fourth-order valence-electron chi connectivity index (χ4n) is 3.53. The van der Waals surface area contributed by atoms with E-state index in [4.69, 9.17) is 0 Å². The molecule has 0 aromatic carbocycles. The number of hydrogen-bond acceptors (Lipinski definition) is 3. The lowest BCUT2D eigenvalue weighted by atomic mass is 9.98. The van der Waals surface area contributed by atoms with Crippen molar-refractivity contribution in [1.82, 2.24) is 15.2 Å². The Hall–Kier alpha value is -0.940. The van der Waals surface area contributed by atoms with Crippen LogP contribution in [0.15, 0.2) is 22.8 Å². The lowest BCUT2D eigenvalue weighted by molar-refractivity contribution is 0.0624. The molecule has 1 N–H and O–H groups in total. The molecule has 2 unspecified atom stereocenters. The zero-order valence-corrected chi connectivity index (χ0v) is 13.3. The van der Waals surface area contributed by atoms with Crippen molar-refractivity contribution in [1.29, 1.82) is 0 Å². The average molecular weight is 338 g/mol. The monoisotopic (exact) mass is 337 g/mol. The number of nitrogens with one attached hydrogen (secondary N) is 1. The van der Waals surface area contributed by atoms with Crippen molar-refractivity contribution in [2.75, 3.05) is 6.54 Å². The van der Waals surface area contributed by atoms with E-state index in [0.29, 0.717) is 23.8 Å². The first kappa shape index (κ1) is 14.0. The van der Waals surface area contributed by atoms with Gasteiger partial charge in [-0.25, -0.2) is 4.98 Å². The summed E-state index contributed by atoms with van der Waals surface area (Å²) in [5.41, 5.74) is 0.528. The number of piperidine rings is 1. The van der Waals surface area contributed by atoms with E-state index in [-0.39, 0.29) is 5.91 Å². The number of hydrogen-bond donors (Lipinski definition) is 1. The molecule has 2 atom stereocenters. The molecule has 1 aromatic rings. The Balaban J connectivity index is 1.79. The second kappa shape index (κ2) is 5.82. The van der Waals surface area contributed by atoms with Gasteiger partial charge >= 0.3 is 0 Å². The summed E-state index contributed by atoms with van der Waals surface area (Å²) < 4.78 is 0.778. The van der Waals surface area contributed by atoms with Gasteiger partial charge in [0, 0.05) is 35.3 Å². The Labute approximate surface area is 128 Å². The molecule has 2 fully saturated rings. The van der Waals surface area contributed by atoms with E-state index in [1.807, 2.05) is 17.0 Å². The predicted molar refractivity (Wildman–Crippen MR) is 81.6 cm³/mol. The van der Waals surface area contributed by atoms with Gasteiger partial charge in [-0.15, -0.1) is 0 Å². The highest BCUT2D eigenvalue weighted by atomic mass is 79.9. The summed E-state index contributed by atoms with van der Waals surface area (Å²) in [6.07, 6.45) is 6.32. The van der Waals surface area contributed by atoms with Crippen molar-refractivity contribution in [3.63, 3.8) is 0 Å². The molecule has 1 aromatic heterocycles. The zero-order valence-electron chi connectivity index (χ0n) is 11.7. The minimum atomic E-state index is 0.0475. The van der Waals surface area contributed by atoms with Crippen LogP contribution in [0.4, 0.5) is 0 Å². The van der Waals surface area contributed by atoms with Gasteiger partial charge in [-0.3, -0.25) is 4.79 Å². The van der Waals surface area contributed by atoms with E-state index in [0.717, 1.165) is 23.9 Å². The summed E-state index contributed by atoms with van der Waals surface area (Å²) in [6, 6.07) is 5.24. The maximum atomic E-state index is 12.7. The standard InChI is InChI=1S/C15H20BrN3O/c1-2-19(12-8-10-5-6-11(9-12)18-10)15(20)14-13(16)4-3-7-17-14/h3-4,7,10-12,18H,2,5-6,8-9H2,1H3. The van der Waals surface area contributed by atoms with Crippen LogP contribution in [0.2, 0.25) is 0 Å². The van der Waals surface area contributed by atoms with Crippen LogP contribution < -0.4 is 5.32 Å². The van der Waals surface area contributed by atoms with Gasteiger partial charge < -0.3 is 10.2 Å². The number of fused-ring (bicyclic) bond motifs is 2. The Bertz CT molecular complexity index is 496. The molecule has 0 saturated carbocycles. The van der Waals surface area contributed by atoms with Gasteiger partial charge in [0.05, 0.1) is 0 Å². The van der Waals surface area contributed by atoms with Crippen LogP contribution in [0.3, 0.4) is 0 Å². The molecule has 2 saturated heterocycles. The van der Waals surface area contributed by atoms with E-state index in [9.17, 15) is 4.79 Å². The number of aromatic nitrogens is 1. The summed E-state index contributed by atoms with van der Waals surface area (Å²) in [5.74, 6) is 0.0475. The quantitative estimate of drug-likeness (QED) is 0.921. The highest BCUT2D eigenvalue weighted by molar-refractivity contribution is 9.10. The molecule has 0 spiro atoms. The minimum Gasteiger partial charge on any atom is -0.334 e. The molecule has 3 heterocycles. The van der Waals surface area contributed by atoms with Gasteiger partial charge in [0.25, 0.3) is 5.91 Å². The van der Waals surface area contributed by atoms with Gasteiger partial charge in [0.1, 0.15) is 5.69 Å². The predicted octanol–water partition coefficient (Wildman–Crippen LogP) is 2.59. The van der Waals surface area contributed by atoms with Gasteiger partial charge in [-0.05, 0) is 60.7 Å². The SMILES string of the molecule is CCN(C(=O)c1ncccc1Br)C1CC2CCC(C1)N2. The van der Waals surface area contributed by atoms with E-state index in [1.165, 1.54) is 12.8 Å². The number of carbonyl (C=O) groups is 1. The number of halogens is 1. The van der Waals surface area contributed by atoms with E-state index >= 15 is 0 Å². The topological polar surface area (TPSA) is 45.2 Å². The van der Waals surface area contributed by atoms with Crippen LogP contribution in [-0.4, -0.2) is 40.5 Å². The second-order valence-electron chi connectivity index (χ2n) is 5.69. The number of pyridine rings is 1. The Morgan fingerprint density at radius 1 is 1.45 bits per heavy atom. The highest BCUT2D eigenvalue weighted by Crippen LogP contribution is 2.30. The smallest absolute Gasteiger partial charge is 0.273 e. The molecule has 20 heavy (non-hydrogen) atoms. The van der Waals surface area contributed by atoms with Crippen LogP contribution >= 0.6 is 15.9 Å². The summed E-state index contributed by atoms with van der Waals surface area (Å²) in [4.78, 5) is 19.0. The lowest BCUT2D eigenvalue weighted by Gasteiger charge is -2.37. The second-order valence-corrected chi connectivity index (χ2v) is 6.54. The van der Waals surface area contributed by atoms with Gasteiger partial charge in [0.15, 0.2) is 0 Å². The molecule has 0 radical (unpaired) electrons. The first-order valence-corrected chi connectivity index (χ1v) is 8.16.